The molecule has 1 aromatic rings. The first-order chi connectivity index (χ1) is 8.59. The molecule has 2 atom stereocenters. The highest BCUT2D eigenvalue weighted by Gasteiger charge is 2.29. The minimum Gasteiger partial charge on any atom is -0.349 e. The van der Waals surface area contributed by atoms with Crippen molar-refractivity contribution in [3.8, 4) is 0 Å². The molecule has 4 heteroatoms. The maximum atomic E-state index is 12.1. The first-order valence-electron chi connectivity index (χ1n) is 6.35. The molecule has 1 unspecified atom stereocenters. The highest BCUT2D eigenvalue weighted by molar-refractivity contribution is 6.31. The minimum atomic E-state index is -0.0540. The van der Waals surface area contributed by atoms with Gasteiger partial charge in [0, 0.05) is 10.9 Å². The summed E-state index contributed by atoms with van der Waals surface area (Å²) in [4.78, 5) is 12.1. The predicted octanol–water partition coefficient (Wildman–Crippen LogP) is 2.37. The van der Waals surface area contributed by atoms with Gasteiger partial charge in [-0.05, 0) is 37.6 Å². The fourth-order valence-electron chi connectivity index (χ4n) is 2.13. The molecular weight excluding hydrogens is 248 g/mol. The second kappa shape index (κ2) is 5.72. The van der Waals surface area contributed by atoms with Crippen LogP contribution in [0.15, 0.2) is 24.3 Å². The Morgan fingerprint density at radius 1 is 1.39 bits per heavy atom. The number of halogens is 1. The maximum Gasteiger partial charge on any atom is 0.223 e. The first-order valence-corrected chi connectivity index (χ1v) is 6.73. The molecule has 0 saturated carbocycles. The van der Waals surface area contributed by atoms with Crippen molar-refractivity contribution in [1.29, 1.82) is 0 Å². The lowest BCUT2D eigenvalue weighted by Gasteiger charge is -2.32. The summed E-state index contributed by atoms with van der Waals surface area (Å²) in [7, 11) is 0. The van der Waals surface area contributed by atoms with Crippen molar-refractivity contribution in [3.63, 3.8) is 0 Å². The summed E-state index contributed by atoms with van der Waals surface area (Å²) in [5.41, 5.74) is 0.964. The number of amides is 1. The van der Waals surface area contributed by atoms with Crippen LogP contribution in [-0.2, 0) is 4.79 Å². The number of carbonyl (C=O) groups excluding carboxylic acids is 1. The van der Waals surface area contributed by atoms with Gasteiger partial charge in [-0.15, -0.1) is 0 Å². The lowest BCUT2D eigenvalue weighted by Crippen LogP contribution is -2.49. The highest BCUT2D eigenvalue weighted by atomic mass is 35.5. The number of benzene rings is 1. The van der Waals surface area contributed by atoms with Crippen molar-refractivity contribution in [3.05, 3.63) is 34.9 Å². The van der Waals surface area contributed by atoms with Crippen molar-refractivity contribution in [2.45, 2.75) is 19.9 Å². The van der Waals surface area contributed by atoms with Crippen LogP contribution in [0.3, 0.4) is 0 Å². The van der Waals surface area contributed by atoms with E-state index < -0.39 is 0 Å². The van der Waals surface area contributed by atoms with Crippen LogP contribution in [0, 0.1) is 11.8 Å². The zero-order valence-electron chi connectivity index (χ0n) is 10.7. The van der Waals surface area contributed by atoms with Crippen LogP contribution in [0.1, 0.15) is 25.5 Å². The lowest BCUT2D eigenvalue weighted by atomic mass is 9.88. The molecule has 1 amide bonds. The summed E-state index contributed by atoms with van der Waals surface area (Å²) in [5, 5.41) is 6.92. The third-order valence-electron chi connectivity index (χ3n) is 3.66. The molecule has 98 valence electrons. The first kappa shape index (κ1) is 13.4. The van der Waals surface area contributed by atoms with Gasteiger partial charge in [-0.25, -0.2) is 0 Å². The van der Waals surface area contributed by atoms with Crippen LogP contribution in [0.4, 0.5) is 0 Å². The Bertz CT molecular complexity index is 432. The summed E-state index contributed by atoms with van der Waals surface area (Å²) in [6.07, 6.45) is 0. The molecule has 1 heterocycles. The SMILES string of the molecule is CC(C(=O)N[C@H](C)c1ccccc1Cl)C1CNC1. The van der Waals surface area contributed by atoms with Crippen molar-refractivity contribution in [2.24, 2.45) is 11.8 Å². The Labute approximate surface area is 113 Å². The minimum absolute atomic E-state index is 0.0520. The van der Waals surface area contributed by atoms with Gasteiger partial charge in [0.25, 0.3) is 0 Å². The summed E-state index contributed by atoms with van der Waals surface area (Å²) in [6.45, 7) is 5.83. The second-order valence-electron chi connectivity index (χ2n) is 4.96. The third-order valence-corrected chi connectivity index (χ3v) is 4.01. The zero-order chi connectivity index (χ0) is 13.1. The average molecular weight is 267 g/mol. The van der Waals surface area contributed by atoms with Crippen LogP contribution in [-0.4, -0.2) is 19.0 Å². The Morgan fingerprint density at radius 2 is 2.06 bits per heavy atom. The van der Waals surface area contributed by atoms with Crippen LogP contribution < -0.4 is 10.6 Å². The summed E-state index contributed by atoms with van der Waals surface area (Å²) in [6, 6.07) is 7.56. The normalized spacial score (nSPS) is 18.8. The molecule has 18 heavy (non-hydrogen) atoms. The molecule has 1 aliphatic rings. The molecule has 2 N–H and O–H groups in total. The Balaban J connectivity index is 1.96. The van der Waals surface area contributed by atoms with Gasteiger partial charge < -0.3 is 10.6 Å². The second-order valence-corrected chi connectivity index (χ2v) is 5.37. The maximum absolute atomic E-state index is 12.1. The van der Waals surface area contributed by atoms with Gasteiger partial charge in [0.05, 0.1) is 6.04 Å². The van der Waals surface area contributed by atoms with Crippen LogP contribution >= 0.6 is 11.6 Å². The number of hydrogen-bond acceptors (Lipinski definition) is 2. The number of nitrogens with one attached hydrogen (secondary N) is 2. The van der Waals surface area contributed by atoms with Gasteiger partial charge >= 0.3 is 0 Å². The molecule has 1 aromatic carbocycles. The number of hydrogen-bond donors (Lipinski definition) is 2. The van der Waals surface area contributed by atoms with Gasteiger partial charge in [0.2, 0.25) is 5.91 Å². The van der Waals surface area contributed by atoms with E-state index >= 15 is 0 Å². The predicted molar refractivity (Wildman–Crippen MR) is 73.5 cm³/mol. The monoisotopic (exact) mass is 266 g/mol. The van der Waals surface area contributed by atoms with Crippen molar-refractivity contribution >= 4 is 17.5 Å². The fraction of sp³-hybridized carbons (Fsp3) is 0.500. The van der Waals surface area contributed by atoms with E-state index in [9.17, 15) is 4.79 Å². The summed E-state index contributed by atoms with van der Waals surface area (Å²) < 4.78 is 0. The van der Waals surface area contributed by atoms with Gasteiger partial charge in [0.1, 0.15) is 0 Å². The lowest BCUT2D eigenvalue weighted by molar-refractivity contribution is -0.127. The third kappa shape index (κ3) is 2.85. The molecule has 0 aromatic heterocycles. The van der Waals surface area contributed by atoms with E-state index in [1.807, 2.05) is 38.1 Å². The van der Waals surface area contributed by atoms with E-state index in [0.717, 1.165) is 18.7 Å². The summed E-state index contributed by atoms with van der Waals surface area (Å²) >= 11 is 6.12. The van der Waals surface area contributed by atoms with Crippen molar-refractivity contribution < 1.29 is 4.79 Å². The highest BCUT2D eigenvalue weighted by Crippen LogP contribution is 2.23. The number of rotatable bonds is 4. The van der Waals surface area contributed by atoms with Crippen LogP contribution in [0.25, 0.3) is 0 Å². The van der Waals surface area contributed by atoms with E-state index in [1.54, 1.807) is 0 Å². The Kier molecular flexibility index (Phi) is 4.25. The molecule has 3 nitrogen and oxygen atoms in total. The topological polar surface area (TPSA) is 41.1 Å². The molecule has 0 radical (unpaired) electrons. The molecule has 2 rings (SSSR count). The molecule has 0 aliphatic carbocycles. The Hall–Kier alpha value is -1.06. The average Bonchev–Trinajstić information content (AvgIpc) is 2.26. The van der Waals surface area contributed by atoms with Gasteiger partial charge in [0.15, 0.2) is 0 Å². The van der Waals surface area contributed by atoms with Gasteiger partial charge in [-0.3, -0.25) is 4.79 Å². The van der Waals surface area contributed by atoms with Gasteiger partial charge in [-0.2, -0.15) is 0 Å². The fourth-order valence-corrected chi connectivity index (χ4v) is 2.43. The van der Waals surface area contributed by atoms with Crippen molar-refractivity contribution in [1.82, 2.24) is 10.6 Å². The quantitative estimate of drug-likeness (QED) is 0.879. The summed E-state index contributed by atoms with van der Waals surface area (Å²) in [5.74, 6) is 0.619. The Morgan fingerprint density at radius 3 is 2.61 bits per heavy atom. The molecule has 1 saturated heterocycles. The smallest absolute Gasteiger partial charge is 0.223 e. The largest absolute Gasteiger partial charge is 0.349 e. The number of carbonyl (C=O) groups is 1. The standard InChI is InChI=1S/C14H19ClN2O/c1-9(11-7-16-8-11)14(18)17-10(2)12-5-3-4-6-13(12)15/h3-6,9-11,16H,7-8H2,1-2H3,(H,17,18)/t9?,10-/m1/s1. The molecule has 0 spiro atoms. The van der Waals surface area contributed by atoms with E-state index in [2.05, 4.69) is 10.6 Å². The van der Waals surface area contributed by atoms with Crippen LogP contribution in [0.2, 0.25) is 5.02 Å². The van der Waals surface area contributed by atoms with E-state index in [1.165, 1.54) is 0 Å². The molecular formula is C14H19ClN2O. The van der Waals surface area contributed by atoms with E-state index in [4.69, 9.17) is 11.6 Å². The molecule has 0 bridgehead atoms. The van der Waals surface area contributed by atoms with Gasteiger partial charge in [-0.1, -0.05) is 36.7 Å². The zero-order valence-corrected chi connectivity index (χ0v) is 11.5. The van der Waals surface area contributed by atoms with E-state index in [-0.39, 0.29) is 17.9 Å². The van der Waals surface area contributed by atoms with Crippen molar-refractivity contribution in [2.75, 3.05) is 13.1 Å². The molecule has 1 aliphatic heterocycles. The molecule has 1 fully saturated rings. The van der Waals surface area contributed by atoms with Crippen LogP contribution in [0.5, 0.6) is 0 Å². The van der Waals surface area contributed by atoms with E-state index in [0.29, 0.717) is 10.9 Å².